The summed E-state index contributed by atoms with van der Waals surface area (Å²) in [4.78, 5) is 11.9. The molecule has 21 heavy (non-hydrogen) atoms. The molecule has 2 aromatic rings. The van der Waals surface area contributed by atoms with E-state index < -0.39 is 0 Å². The number of carbonyl (C=O) groups excluding carboxylic acids is 1. The number of ether oxygens (including phenoxy) is 2. The molecule has 0 bridgehead atoms. The van der Waals surface area contributed by atoms with E-state index in [2.05, 4.69) is 5.32 Å². The summed E-state index contributed by atoms with van der Waals surface area (Å²) < 4.78 is 15.7. The van der Waals surface area contributed by atoms with Crippen molar-refractivity contribution in [1.82, 2.24) is 5.32 Å². The van der Waals surface area contributed by atoms with Gasteiger partial charge in [0.25, 0.3) is 0 Å². The molecule has 0 saturated carbocycles. The molecule has 3 rings (SSSR count). The van der Waals surface area contributed by atoms with E-state index in [-0.39, 0.29) is 18.7 Å². The molecule has 108 valence electrons. The Kier molecular flexibility index (Phi) is 3.64. The highest BCUT2D eigenvalue weighted by molar-refractivity contribution is 5.91. The Labute approximate surface area is 122 Å². The number of hydrogen-bond donors (Lipinski definition) is 1. The highest BCUT2D eigenvalue weighted by Crippen LogP contribution is 2.34. The molecule has 0 spiro atoms. The fourth-order valence-electron chi connectivity index (χ4n) is 2.07. The molecule has 1 aliphatic rings. The Morgan fingerprint density at radius 3 is 2.95 bits per heavy atom. The standard InChI is InChI=1S/C16H15NO4/c1-11(12-4-6-14-15(9-12)21-10-20-14)17-16(18)7-5-13-3-2-8-19-13/h2-9,11H,10H2,1H3,(H,17,18). The van der Waals surface area contributed by atoms with Crippen LogP contribution in [0.2, 0.25) is 0 Å². The highest BCUT2D eigenvalue weighted by atomic mass is 16.7. The van der Waals surface area contributed by atoms with E-state index in [0.717, 1.165) is 11.3 Å². The summed E-state index contributed by atoms with van der Waals surface area (Å²) in [6.07, 6.45) is 4.64. The van der Waals surface area contributed by atoms with Gasteiger partial charge in [0.05, 0.1) is 12.3 Å². The zero-order valence-electron chi connectivity index (χ0n) is 11.5. The second-order valence-corrected chi connectivity index (χ2v) is 4.69. The normalized spacial score (nSPS) is 14.3. The predicted octanol–water partition coefficient (Wildman–Crippen LogP) is 2.90. The predicted molar refractivity (Wildman–Crippen MR) is 76.9 cm³/mol. The molecular formula is C16H15NO4. The van der Waals surface area contributed by atoms with Crippen molar-refractivity contribution in [3.63, 3.8) is 0 Å². The van der Waals surface area contributed by atoms with Crippen molar-refractivity contribution in [3.05, 3.63) is 54.0 Å². The second kappa shape index (κ2) is 5.75. The fraction of sp³-hybridized carbons (Fsp3) is 0.188. The topological polar surface area (TPSA) is 60.7 Å². The SMILES string of the molecule is CC(NC(=O)C=Cc1ccco1)c1ccc2c(c1)OCO2. The third kappa shape index (κ3) is 3.08. The van der Waals surface area contributed by atoms with Gasteiger partial charge in [0.15, 0.2) is 11.5 Å². The summed E-state index contributed by atoms with van der Waals surface area (Å²) in [5.41, 5.74) is 0.957. The zero-order chi connectivity index (χ0) is 14.7. The Bertz CT molecular complexity index is 661. The van der Waals surface area contributed by atoms with Gasteiger partial charge in [-0.2, -0.15) is 0 Å². The number of amides is 1. The van der Waals surface area contributed by atoms with Gasteiger partial charge in [-0.1, -0.05) is 6.07 Å². The number of fused-ring (bicyclic) bond motifs is 1. The maximum absolute atomic E-state index is 11.9. The van der Waals surface area contributed by atoms with Crippen molar-refractivity contribution in [3.8, 4) is 11.5 Å². The molecule has 1 aliphatic heterocycles. The molecule has 0 radical (unpaired) electrons. The van der Waals surface area contributed by atoms with E-state index in [0.29, 0.717) is 11.5 Å². The van der Waals surface area contributed by atoms with Crippen LogP contribution in [0.1, 0.15) is 24.3 Å². The Morgan fingerprint density at radius 1 is 1.29 bits per heavy atom. The number of nitrogens with one attached hydrogen (secondary N) is 1. The van der Waals surface area contributed by atoms with Crippen molar-refractivity contribution >= 4 is 12.0 Å². The summed E-state index contributed by atoms with van der Waals surface area (Å²) >= 11 is 0. The van der Waals surface area contributed by atoms with Crippen LogP contribution in [0.5, 0.6) is 11.5 Å². The van der Waals surface area contributed by atoms with Crippen molar-refractivity contribution in [2.45, 2.75) is 13.0 Å². The van der Waals surface area contributed by atoms with Crippen LogP contribution in [0, 0.1) is 0 Å². The average molecular weight is 285 g/mol. The zero-order valence-corrected chi connectivity index (χ0v) is 11.5. The number of hydrogen-bond acceptors (Lipinski definition) is 4. The van der Waals surface area contributed by atoms with Crippen LogP contribution >= 0.6 is 0 Å². The maximum Gasteiger partial charge on any atom is 0.244 e. The molecule has 5 heteroatoms. The van der Waals surface area contributed by atoms with E-state index in [1.807, 2.05) is 25.1 Å². The van der Waals surface area contributed by atoms with Gasteiger partial charge in [-0.25, -0.2) is 0 Å². The molecule has 0 saturated heterocycles. The van der Waals surface area contributed by atoms with Crippen LogP contribution in [0.3, 0.4) is 0 Å². The summed E-state index contributed by atoms with van der Waals surface area (Å²) in [7, 11) is 0. The summed E-state index contributed by atoms with van der Waals surface area (Å²) in [5.74, 6) is 1.90. The lowest BCUT2D eigenvalue weighted by molar-refractivity contribution is -0.117. The van der Waals surface area contributed by atoms with E-state index in [1.165, 1.54) is 6.08 Å². The molecule has 1 atom stereocenters. The Hall–Kier alpha value is -2.69. The monoisotopic (exact) mass is 285 g/mol. The Morgan fingerprint density at radius 2 is 2.14 bits per heavy atom. The van der Waals surface area contributed by atoms with Gasteiger partial charge in [-0.3, -0.25) is 4.79 Å². The lowest BCUT2D eigenvalue weighted by Gasteiger charge is -2.13. The van der Waals surface area contributed by atoms with Gasteiger partial charge in [0.1, 0.15) is 5.76 Å². The first kappa shape index (κ1) is 13.3. The number of furan rings is 1. The van der Waals surface area contributed by atoms with Gasteiger partial charge in [-0.05, 0) is 42.8 Å². The van der Waals surface area contributed by atoms with Gasteiger partial charge in [0.2, 0.25) is 12.7 Å². The van der Waals surface area contributed by atoms with Crippen LogP contribution in [-0.4, -0.2) is 12.7 Å². The first-order valence-corrected chi connectivity index (χ1v) is 6.64. The van der Waals surface area contributed by atoms with Gasteiger partial charge < -0.3 is 19.2 Å². The lowest BCUT2D eigenvalue weighted by atomic mass is 10.1. The largest absolute Gasteiger partial charge is 0.465 e. The van der Waals surface area contributed by atoms with Gasteiger partial charge in [0, 0.05) is 6.08 Å². The lowest BCUT2D eigenvalue weighted by Crippen LogP contribution is -2.24. The third-order valence-electron chi connectivity index (χ3n) is 3.20. The minimum absolute atomic E-state index is 0.131. The molecule has 2 heterocycles. The van der Waals surface area contributed by atoms with Crippen molar-refractivity contribution < 1.29 is 18.7 Å². The maximum atomic E-state index is 11.9. The summed E-state index contributed by atoms with van der Waals surface area (Å²) in [6.45, 7) is 2.15. The summed E-state index contributed by atoms with van der Waals surface area (Å²) in [6, 6.07) is 9.06. The van der Waals surface area contributed by atoms with Crippen molar-refractivity contribution in [2.75, 3.05) is 6.79 Å². The smallest absolute Gasteiger partial charge is 0.244 e. The number of carbonyl (C=O) groups is 1. The van der Waals surface area contributed by atoms with Crippen LogP contribution in [0.4, 0.5) is 0 Å². The number of benzene rings is 1. The van der Waals surface area contributed by atoms with Crippen LogP contribution in [-0.2, 0) is 4.79 Å². The number of rotatable bonds is 4. The molecule has 1 N–H and O–H groups in total. The quantitative estimate of drug-likeness (QED) is 0.877. The van der Waals surface area contributed by atoms with E-state index in [4.69, 9.17) is 13.9 Å². The van der Waals surface area contributed by atoms with E-state index in [9.17, 15) is 4.79 Å². The molecule has 0 fully saturated rings. The molecule has 0 aliphatic carbocycles. The molecule has 5 nitrogen and oxygen atoms in total. The van der Waals surface area contributed by atoms with Crippen molar-refractivity contribution in [1.29, 1.82) is 0 Å². The van der Waals surface area contributed by atoms with Crippen LogP contribution < -0.4 is 14.8 Å². The van der Waals surface area contributed by atoms with Gasteiger partial charge >= 0.3 is 0 Å². The van der Waals surface area contributed by atoms with Crippen LogP contribution in [0.25, 0.3) is 6.08 Å². The second-order valence-electron chi connectivity index (χ2n) is 4.69. The van der Waals surface area contributed by atoms with Gasteiger partial charge in [-0.15, -0.1) is 0 Å². The molecule has 1 amide bonds. The van der Waals surface area contributed by atoms with Crippen LogP contribution in [0.15, 0.2) is 47.1 Å². The van der Waals surface area contributed by atoms with E-state index >= 15 is 0 Å². The Balaban J connectivity index is 1.63. The third-order valence-corrected chi connectivity index (χ3v) is 3.20. The van der Waals surface area contributed by atoms with Crippen molar-refractivity contribution in [2.24, 2.45) is 0 Å². The highest BCUT2D eigenvalue weighted by Gasteiger charge is 2.16. The molecule has 1 aromatic carbocycles. The molecule has 1 unspecified atom stereocenters. The first-order chi connectivity index (χ1) is 10.2. The fourth-order valence-corrected chi connectivity index (χ4v) is 2.07. The molecular weight excluding hydrogens is 270 g/mol. The van der Waals surface area contributed by atoms with E-state index in [1.54, 1.807) is 24.5 Å². The minimum Gasteiger partial charge on any atom is -0.465 e. The minimum atomic E-state index is -0.184. The average Bonchev–Trinajstić information content (AvgIpc) is 3.15. The first-order valence-electron chi connectivity index (χ1n) is 6.64. The summed E-state index contributed by atoms with van der Waals surface area (Å²) in [5, 5.41) is 2.89. The molecule has 1 aromatic heterocycles.